The Morgan fingerprint density at radius 2 is 1.16 bits per heavy atom. The molecule has 2 atom stereocenters. The molecule has 2 aromatic carbocycles. The standard InChI is InChI=1S/C31H35N3O3/c32-23-30(24-9-3-1-4-10-24)15-19-33(20-16-30)28(35)26-13-7-8-14-27(26)29(36)34-21-17-31(37,18-22-34)25-11-5-2-6-12-25/h1-12,26-27,37H,13-22H2. The summed E-state index contributed by atoms with van der Waals surface area (Å²) < 4.78 is 0. The zero-order valence-electron chi connectivity index (χ0n) is 21.3. The van der Waals surface area contributed by atoms with Crippen LogP contribution in [0.25, 0.3) is 0 Å². The maximum Gasteiger partial charge on any atom is 0.226 e. The third-order valence-electron chi connectivity index (χ3n) is 8.75. The zero-order chi connectivity index (χ0) is 25.9. The monoisotopic (exact) mass is 497 g/mol. The quantitative estimate of drug-likeness (QED) is 0.643. The molecule has 2 aliphatic heterocycles. The van der Waals surface area contributed by atoms with Crippen LogP contribution in [0.1, 0.15) is 49.7 Å². The molecule has 37 heavy (non-hydrogen) atoms. The number of likely N-dealkylation sites (tertiary alicyclic amines) is 2. The third-order valence-corrected chi connectivity index (χ3v) is 8.75. The highest BCUT2D eigenvalue weighted by Gasteiger charge is 2.44. The van der Waals surface area contributed by atoms with Crippen LogP contribution >= 0.6 is 0 Å². The summed E-state index contributed by atoms with van der Waals surface area (Å²) in [6.07, 6.45) is 7.35. The highest BCUT2D eigenvalue weighted by Crippen LogP contribution is 2.38. The number of benzene rings is 2. The van der Waals surface area contributed by atoms with Gasteiger partial charge in [-0.1, -0.05) is 72.8 Å². The van der Waals surface area contributed by atoms with Gasteiger partial charge in [-0.3, -0.25) is 9.59 Å². The lowest BCUT2D eigenvalue weighted by Gasteiger charge is -2.42. The summed E-state index contributed by atoms with van der Waals surface area (Å²) in [6, 6.07) is 22.1. The van der Waals surface area contributed by atoms with Gasteiger partial charge in [0.25, 0.3) is 0 Å². The summed E-state index contributed by atoms with van der Waals surface area (Å²) in [7, 11) is 0. The molecule has 0 aromatic heterocycles. The molecule has 2 unspecified atom stereocenters. The molecule has 6 nitrogen and oxygen atoms in total. The number of hydrogen-bond donors (Lipinski definition) is 1. The predicted molar refractivity (Wildman–Crippen MR) is 141 cm³/mol. The zero-order valence-corrected chi connectivity index (χ0v) is 21.3. The summed E-state index contributed by atoms with van der Waals surface area (Å²) in [4.78, 5) is 31.0. The van der Waals surface area contributed by atoms with Crippen molar-refractivity contribution in [3.63, 3.8) is 0 Å². The molecular weight excluding hydrogens is 462 g/mol. The topological polar surface area (TPSA) is 84.6 Å². The molecule has 2 saturated heterocycles. The van der Waals surface area contributed by atoms with Crippen LogP contribution in [0.15, 0.2) is 72.8 Å². The minimum Gasteiger partial charge on any atom is -0.385 e. The van der Waals surface area contributed by atoms with Gasteiger partial charge in [-0.15, -0.1) is 0 Å². The van der Waals surface area contributed by atoms with E-state index in [9.17, 15) is 20.0 Å². The van der Waals surface area contributed by atoms with E-state index in [-0.39, 0.29) is 23.7 Å². The van der Waals surface area contributed by atoms with Gasteiger partial charge in [0.2, 0.25) is 11.8 Å². The van der Waals surface area contributed by atoms with E-state index in [1.54, 1.807) is 0 Å². The Balaban J connectivity index is 1.23. The van der Waals surface area contributed by atoms with Crippen molar-refractivity contribution in [2.75, 3.05) is 26.2 Å². The molecule has 5 rings (SSSR count). The SMILES string of the molecule is N#CC1(c2ccccc2)CCN(C(=O)C2CC=CCC2C(=O)N2CCC(O)(c3ccccc3)CC2)CC1. The number of aliphatic hydroxyl groups is 1. The lowest BCUT2D eigenvalue weighted by molar-refractivity contribution is -0.149. The van der Waals surface area contributed by atoms with E-state index in [0.717, 1.165) is 11.1 Å². The molecule has 0 spiro atoms. The predicted octanol–water partition coefficient (Wildman–Crippen LogP) is 4.16. The Morgan fingerprint density at radius 3 is 1.62 bits per heavy atom. The summed E-state index contributed by atoms with van der Waals surface area (Å²) in [5.74, 6) is -0.707. The number of amides is 2. The van der Waals surface area contributed by atoms with E-state index in [1.807, 2.05) is 82.6 Å². The van der Waals surface area contributed by atoms with E-state index in [4.69, 9.17) is 0 Å². The molecule has 3 aliphatic rings. The number of piperidine rings is 2. The van der Waals surface area contributed by atoms with Crippen LogP contribution in [0.5, 0.6) is 0 Å². The fourth-order valence-corrected chi connectivity index (χ4v) is 6.29. The van der Waals surface area contributed by atoms with Gasteiger partial charge in [-0.2, -0.15) is 5.26 Å². The van der Waals surface area contributed by atoms with Gasteiger partial charge in [-0.05, 0) is 49.7 Å². The van der Waals surface area contributed by atoms with Crippen LogP contribution in [0, 0.1) is 23.2 Å². The van der Waals surface area contributed by atoms with E-state index in [0.29, 0.717) is 64.7 Å². The molecule has 2 heterocycles. The molecule has 2 aromatic rings. The second-order valence-electron chi connectivity index (χ2n) is 10.8. The van der Waals surface area contributed by atoms with Crippen molar-refractivity contribution in [3.8, 4) is 6.07 Å². The number of hydrogen-bond acceptors (Lipinski definition) is 4. The fraction of sp³-hybridized carbons (Fsp3) is 0.452. The first-order valence-corrected chi connectivity index (χ1v) is 13.4. The Kier molecular flexibility index (Phi) is 7.17. The lowest BCUT2D eigenvalue weighted by atomic mass is 9.73. The van der Waals surface area contributed by atoms with Crippen LogP contribution in [0.2, 0.25) is 0 Å². The Labute approximate surface area is 219 Å². The van der Waals surface area contributed by atoms with Crippen LogP contribution in [0.4, 0.5) is 0 Å². The lowest BCUT2D eigenvalue weighted by Crippen LogP contribution is -2.52. The first-order chi connectivity index (χ1) is 18.0. The maximum atomic E-state index is 13.7. The number of nitriles is 1. The Morgan fingerprint density at radius 1 is 0.730 bits per heavy atom. The van der Waals surface area contributed by atoms with E-state index in [2.05, 4.69) is 6.07 Å². The number of rotatable bonds is 4. The Hall–Kier alpha value is -3.43. The molecule has 6 heteroatoms. The summed E-state index contributed by atoms with van der Waals surface area (Å²) in [6.45, 7) is 2.01. The van der Waals surface area contributed by atoms with Gasteiger partial charge in [0.05, 0.1) is 28.9 Å². The minimum atomic E-state index is -0.917. The smallest absolute Gasteiger partial charge is 0.226 e. The van der Waals surface area contributed by atoms with Gasteiger partial charge < -0.3 is 14.9 Å². The Bertz CT molecular complexity index is 1170. The molecule has 2 amide bonds. The van der Waals surface area contributed by atoms with Crippen LogP contribution < -0.4 is 0 Å². The molecular formula is C31H35N3O3. The molecule has 0 radical (unpaired) electrons. The second-order valence-corrected chi connectivity index (χ2v) is 10.8. The largest absolute Gasteiger partial charge is 0.385 e. The van der Waals surface area contributed by atoms with E-state index >= 15 is 0 Å². The average molecular weight is 498 g/mol. The van der Waals surface area contributed by atoms with Gasteiger partial charge in [0.15, 0.2) is 0 Å². The van der Waals surface area contributed by atoms with Crippen molar-refractivity contribution in [2.45, 2.75) is 49.5 Å². The number of carbonyl (C=O) groups is 2. The van der Waals surface area contributed by atoms with Crippen molar-refractivity contribution in [3.05, 3.63) is 83.9 Å². The maximum absolute atomic E-state index is 13.7. The minimum absolute atomic E-state index is 0.0190. The van der Waals surface area contributed by atoms with Crippen molar-refractivity contribution < 1.29 is 14.7 Å². The molecule has 0 bridgehead atoms. The third kappa shape index (κ3) is 4.93. The average Bonchev–Trinajstić information content (AvgIpc) is 2.98. The number of allylic oxidation sites excluding steroid dienone is 2. The molecule has 2 fully saturated rings. The number of carbonyl (C=O) groups excluding carboxylic acids is 2. The van der Waals surface area contributed by atoms with E-state index in [1.165, 1.54) is 0 Å². The molecule has 1 aliphatic carbocycles. The first kappa shape index (κ1) is 25.2. The normalized spacial score (nSPS) is 24.8. The van der Waals surface area contributed by atoms with Crippen molar-refractivity contribution in [2.24, 2.45) is 11.8 Å². The number of nitrogens with zero attached hydrogens (tertiary/aromatic N) is 3. The van der Waals surface area contributed by atoms with Gasteiger partial charge in [0, 0.05) is 26.2 Å². The van der Waals surface area contributed by atoms with Gasteiger partial charge in [-0.25, -0.2) is 0 Å². The summed E-state index contributed by atoms with van der Waals surface area (Å²) >= 11 is 0. The van der Waals surface area contributed by atoms with Crippen molar-refractivity contribution >= 4 is 11.8 Å². The molecule has 192 valence electrons. The van der Waals surface area contributed by atoms with Crippen LogP contribution in [-0.2, 0) is 20.6 Å². The van der Waals surface area contributed by atoms with Crippen molar-refractivity contribution in [1.82, 2.24) is 9.80 Å². The second kappa shape index (κ2) is 10.5. The molecule has 1 N–H and O–H groups in total. The van der Waals surface area contributed by atoms with E-state index < -0.39 is 11.0 Å². The molecule has 0 saturated carbocycles. The summed E-state index contributed by atoms with van der Waals surface area (Å²) in [5.41, 5.74) is 0.423. The van der Waals surface area contributed by atoms with Gasteiger partial charge >= 0.3 is 0 Å². The van der Waals surface area contributed by atoms with Gasteiger partial charge in [0.1, 0.15) is 0 Å². The van der Waals surface area contributed by atoms with Crippen molar-refractivity contribution in [1.29, 1.82) is 5.26 Å². The first-order valence-electron chi connectivity index (χ1n) is 13.4. The summed E-state index contributed by atoms with van der Waals surface area (Å²) in [5, 5.41) is 21.2. The van der Waals surface area contributed by atoms with Crippen LogP contribution in [-0.4, -0.2) is 52.9 Å². The fourth-order valence-electron chi connectivity index (χ4n) is 6.29. The highest BCUT2D eigenvalue weighted by molar-refractivity contribution is 5.88. The van der Waals surface area contributed by atoms with Crippen LogP contribution in [0.3, 0.4) is 0 Å². The highest BCUT2D eigenvalue weighted by atomic mass is 16.3.